The largest absolute Gasteiger partial charge is 0.395 e. The lowest BCUT2D eigenvalue weighted by atomic mass is 10.3. The number of hydrogen-bond acceptors (Lipinski definition) is 2. The second kappa shape index (κ2) is 5.76. The van der Waals surface area contributed by atoms with Crippen molar-refractivity contribution in [1.82, 2.24) is 5.32 Å². The Morgan fingerprint density at radius 2 is 2.12 bits per heavy atom. The standard InChI is InChI=1S/C9H9BrF2N2O2/c10-6-3-5(11)4-7(8(6)12)14-9(16)13-1-2-15/h3-4,15H,1-2H2,(H2,13,14,16). The van der Waals surface area contributed by atoms with Crippen molar-refractivity contribution in [3.8, 4) is 0 Å². The Morgan fingerprint density at radius 1 is 1.44 bits per heavy atom. The van der Waals surface area contributed by atoms with Crippen molar-refractivity contribution < 1.29 is 18.7 Å². The lowest BCUT2D eigenvalue weighted by Crippen LogP contribution is -2.31. The van der Waals surface area contributed by atoms with E-state index in [1.165, 1.54) is 0 Å². The number of aliphatic hydroxyl groups is 1. The molecule has 0 radical (unpaired) electrons. The number of urea groups is 1. The van der Waals surface area contributed by atoms with Crippen LogP contribution in [0.3, 0.4) is 0 Å². The molecule has 0 aliphatic heterocycles. The summed E-state index contributed by atoms with van der Waals surface area (Å²) in [5.74, 6) is -1.44. The predicted octanol–water partition coefficient (Wildman–Crippen LogP) is 1.84. The van der Waals surface area contributed by atoms with E-state index in [-0.39, 0.29) is 23.3 Å². The summed E-state index contributed by atoms with van der Waals surface area (Å²) in [7, 11) is 0. The number of aliphatic hydroxyl groups excluding tert-OH is 1. The average molecular weight is 295 g/mol. The molecule has 88 valence electrons. The highest BCUT2D eigenvalue weighted by Gasteiger charge is 2.11. The number of anilines is 1. The zero-order chi connectivity index (χ0) is 12.1. The molecule has 0 spiro atoms. The van der Waals surface area contributed by atoms with Crippen molar-refractivity contribution >= 4 is 27.6 Å². The number of carbonyl (C=O) groups is 1. The molecule has 0 bridgehead atoms. The van der Waals surface area contributed by atoms with Gasteiger partial charge in [0.1, 0.15) is 5.82 Å². The van der Waals surface area contributed by atoms with Crippen molar-refractivity contribution in [3.63, 3.8) is 0 Å². The molecule has 4 nitrogen and oxygen atoms in total. The third-order valence-electron chi connectivity index (χ3n) is 1.64. The highest BCUT2D eigenvalue weighted by molar-refractivity contribution is 9.10. The molecule has 3 N–H and O–H groups in total. The Hall–Kier alpha value is -1.21. The zero-order valence-corrected chi connectivity index (χ0v) is 9.64. The summed E-state index contributed by atoms with van der Waals surface area (Å²) in [6.07, 6.45) is 0. The number of carbonyl (C=O) groups excluding carboxylic acids is 1. The van der Waals surface area contributed by atoms with E-state index in [2.05, 4.69) is 26.6 Å². The maximum Gasteiger partial charge on any atom is 0.319 e. The third kappa shape index (κ3) is 3.42. The van der Waals surface area contributed by atoms with Gasteiger partial charge in [0.2, 0.25) is 0 Å². The van der Waals surface area contributed by atoms with E-state index in [9.17, 15) is 13.6 Å². The zero-order valence-electron chi connectivity index (χ0n) is 8.06. The quantitative estimate of drug-likeness (QED) is 0.745. The first-order valence-corrected chi connectivity index (χ1v) is 5.14. The van der Waals surface area contributed by atoms with Gasteiger partial charge >= 0.3 is 6.03 Å². The average Bonchev–Trinajstić information content (AvgIpc) is 2.22. The first-order valence-electron chi connectivity index (χ1n) is 4.35. The smallest absolute Gasteiger partial charge is 0.319 e. The Bertz CT molecular complexity index is 401. The topological polar surface area (TPSA) is 61.4 Å². The van der Waals surface area contributed by atoms with Gasteiger partial charge in [0.25, 0.3) is 0 Å². The summed E-state index contributed by atoms with van der Waals surface area (Å²) in [5, 5.41) is 12.8. The van der Waals surface area contributed by atoms with Crippen LogP contribution in [0.25, 0.3) is 0 Å². The van der Waals surface area contributed by atoms with Gasteiger partial charge < -0.3 is 15.7 Å². The SMILES string of the molecule is O=C(NCCO)Nc1cc(F)cc(Br)c1F. The van der Waals surface area contributed by atoms with Crippen molar-refractivity contribution in [1.29, 1.82) is 0 Å². The number of hydrogen-bond donors (Lipinski definition) is 3. The van der Waals surface area contributed by atoms with Crippen LogP contribution < -0.4 is 10.6 Å². The van der Waals surface area contributed by atoms with Gasteiger partial charge in [-0.1, -0.05) is 0 Å². The molecule has 1 aromatic carbocycles. The van der Waals surface area contributed by atoms with E-state index in [4.69, 9.17) is 5.11 Å². The summed E-state index contributed by atoms with van der Waals surface area (Å²) in [6.45, 7) is -0.202. The van der Waals surface area contributed by atoms with Crippen LogP contribution in [0.15, 0.2) is 16.6 Å². The van der Waals surface area contributed by atoms with Gasteiger partial charge in [0, 0.05) is 12.6 Å². The molecule has 0 fully saturated rings. The van der Waals surface area contributed by atoms with E-state index >= 15 is 0 Å². The molecule has 0 saturated heterocycles. The van der Waals surface area contributed by atoms with Crippen LogP contribution in [0.1, 0.15) is 0 Å². The fraction of sp³-hybridized carbons (Fsp3) is 0.222. The van der Waals surface area contributed by atoms with Gasteiger partial charge in [0.05, 0.1) is 16.8 Å². The minimum absolute atomic E-state index is 0.0317. The Morgan fingerprint density at radius 3 is 2.75 bits per heavy atom. The lowest BCUT2D eigenvalue weighted by Gasteiger charge is -2.08. The molecule has 2 amide bonds. The molecule has 0 atom stereocenters. The second-order valence-electron chi connectivity index (χ2n) is 2.85. The monoisotopic (exact) mass is 294 g/mol. The van der Waals surface area contributed by atoms with Gasteiger partial charge in [-0.3, -0.25) is 0 Å². The van der Waals surface area contributed by atoms with Crippen LogP contribution in [0.2, 0.25) is 0 Å². The molecule has 1 aromatic rings. The number of rotatable bonds is 3. The Kier molecular flexibility index (Phi) is 4.63. The van der Waals surface area contributed by atoms with E-state index in [1.807, 2.05) is 0 Å². The van der Waals surface area contributed by atoms with Crippen LogP contribution in [0.4, 0.5) is 19.3 Å². The molecule has 7 heteroatoms. The molecule has 0 aliphatic carbocycles. The minimum Gasteiger partial charge on any atom is -0.395 e. The van der Waals surface area contributed by atoms with E-state index < -0.39 is 17.7 Å². The number of benzene rings is 1. The lowest BCUT2D eigenvalue weighted by molar-refractivity contribution is 0.244. The van der Waals surface area contributed by atoms with Crippen LogP contribution in [0, 0.1) is 11.6 Å². The highest BCUT2D eigenvalue weighted by Crippen LogP contribution is 2.24. The van der Waals surface area contributed by atoms with Gasteiger partial charge in [0.15, 0.2) is 5.82 Å². The third-order valence-corrected chi connectivity index (χ3v) is 2.22. The van der Waals surface area contributed by atoms with Crippen molar-refractivity contribution in [3.05, 3.63) is 28.2 Å². The Labute approximate surface area is 98.8 Å². The first-order chi connectivity index (χ1) is 7.54. The summed E-state index contributed by atoms with van der Waals surface area (Å²) >= 11 is 2.81. The number of halogens is 3. The maximum absolute atomic E-state index is 13.4. The molecule has 0 saturated carbocycles. The first kappa shape index (κ1) is 12.9. The normalized spacial score (nSPS) is 10.0. The van der Waals surface area contributed by atoms with Crippen LogP contribution >= 0.6 is 15.9 Å². The molecule has 0 aromatic heterocycles. The van der Waals surface area contributed by atoms with Crippen molar-refractivity contribution in [2.45, 2.75) is 0 Å². The summed E-state index contributed by atoms with van der Waals surface area (Å²) in [6, 6.07) is 1.09. The van der Waals surface area contributed by atoms with Gasteiger partial charge in [-0.25, -0.2) is 13.6 Å². The van der Waals surface area contributed by atoms with E-state index in [0.29, 0.717) is 0 Å². The van der Waals surface area contributed by atoms with Gasteiger partial charge in [-0.15, -0.1) is 0 Å². The summed E-state index contributed by atoms with van der Waals surface area (Å²) < 4.78 is 26.2. The van der Waals surface area contributed by atoms with Crippen LogP contribution in [0.5, 0.6) is 0 Å². The van der Waals surface area contributed by atoms with E-state index in [1.54, 1.807) is 0 Å². The number of nitrogens with one attached hydrogen (secondary N) is 2. The molecular weight excluding hydrogens is 286 g/mol. The molecule has 0 heterocycles. The maximum atomic E-state index is 13.4. The predicted molar refractivity (Wildman–Crippen MR) is 58.2 cm³/mol. The minimum atomic E-state index is -0.763. The molecule has 0 aliphatic rings. The van der Waals surface area contributed by atoms with Crippen LogP contribution in [-0.2, 0) is 0 Å². The van der Waals surface area contributed by atoms with Crippen molar-refractivity contribution in [2.24, 2.45) is 0 Å². The van der Waals surface area contributed by atoms with Gasteiger partial charge in [-0.05, 0) is 22.0 Å². The Balaban J connectivity index is 2.77. The fourth-order valence-corrected chi connectivity index (χ4v) is 1.42. The summed E-state index contributed by atoms with van der Waals surface area (Å²) in [5.41, 5.74) is -0.276. The second-order valence-corrected chi connectivity index (χ2v) is 3.71. The number of amides is 2. The molecular formula is C9H9BrF2N2O2. The van der Waals surface area contributed by atoms with E-state index in [0.717, 1.165) is 12.1 Å². The van der Waals surface area contributed by atoms with Crippen molar-refractivity contribution in [2.75, 3.05) is 18.5 Å². The summed E-state index contributed by atoms with van der Waals surface area (Å²) in [4.78, 5) is 11.1. The molecule has 16 heavy (non-hydrogen) atoms. The fourth-order valence-electron chi connectivity index (χ4n) is 0.983. The molecule has 1 rings (SSSR count). The molecule has 0 unspecified atom stereocenters. The van der Waals surface area contributed by atoms with Crippen LogP contribution in [-0.4, -0.2) is 24.3 Å². The van der Waals surface area contributed by atoms with Gasteiger partial charge in [-0.2, -0.15) is 0 Å². The highest BCUT2D eigenvalue weighted by atomic mass is 79.9.